The molecule has 1 aromatic rings. The first kappa shape index (κ1) is 18.7. The fourth-order valence-corrected chi connectivity index (χ4v) is 5.19. The number of hydrogen-bond donors (Lipinski definition) is 1. The lowest BCUT2D eigenvalue weighted by molar-refractivity contribution is -0.151. The molecule has 2 aliphatic heterocycles. The van der Waals surface area contributed by atoms with E-state index in [0.717, 1.165) is 50.7 Å². The summed E-state index contributed by atoms with van der Waals surface area (Å²) in [6.45, 7) is 1.24. The van der Waals surface area contributed by atoms with Gasteiger partial charge in [0, 0.05) is 31.7 Å². The van der Waals surface area contributed by atoms with Crippen LogP contribution in [0.2, 0.25) is 0 Å². The summed E-state index contributed by atoms with van der Waals surface area (Å²) in [6.07, 6.45) is 6.13. The minimum Gasteiger partial charge on any atom is -0.497 e. The summed E-state index contributed by atoms with van der Waals surface area (Å²) >= 11 is 0. The van der Waals surface area contributed by atoms with Crippen LogP contribution in [0.4, 0.5) is 4.39 Å². The van der Waals surface area contributed by atoms with Gasteiger partial charge in [-0.1, -0.05) is 12.1 Å². The predicted octanol–water partition coefficient (Wildman–Crippen LogP) is 3.38. The Morgan fingerprint density at radius 1 is 1.26 bits per heavy atom. The molecule has 1 saturated carbocycles. The van der Waals surface area contributed by atoms with Gasteiger partial charge in [0.1, 0.15) is 5.75 Å². The summed E-state index contributed by atoms with van der Waals surface area (Å²) < 4.78 is 26.7. The van der Waals surface area contributed by atoms with Crippen molar-refractivity contribution < 1.29 is 23.8 Å². The molecule has 1 N–H and O–H groups in total. The van der Waals surface area contributed by atoms with Gasteiger partial charge in [0.2, 0.25) is 5.67 Å². The van der Waals surface area contributed by atoms with E-state index in [2.05, 4.69) is 4.90 Å². The first-order valence-electron chi connectivity index (χ1n) is 9.90. The minimum atomic E-state index is -2.26. The summed E-state index contributed by atoms with van der Waals surface area (Å²) in [5.74, 6) is -1.35. The van der Waals surface area contributed by atoms with E-state index in [9.17, 15) is 9.90 Å². The van der Waals surface area contributed by atoms with Gasteiger partial charge < -0.3 is 14.6 Å². The fraction of sp³-hybridized carbons (Fsp3) is 0.667. The zero-order valence-corrected chi connectivity index (χ0v) is 15.8. The zero-order valence-electron chi connectivity index (χ0n) is 15.8. The molecule has 3 fully saturated rings. The van der Waals surface area contributed by atoms with Gasteiger partial charge in [-0.15, -0.1) is 0 Å². The molecule has 148 valence electrons. The summed E-state index contributed by atoms with van der Waals surface area (Å²) in [7, 11) is 1.58. The van der Waals surface area contributed by atoms with E-state index in [1.165, 1.54) is 0 Å². The average Bonchev–Trinajstić information content (AvgIpc) is 3.28. The quantitative estimate of drug-likeness (QED) is 0.872. The number of rotatable bonds is 4. The second-order valence-corrected chi connectivity index (χ2v) is 8.29. The number of benzene rings is 1. The molecule has 0 aromatic heterocycles. The molecule has 2 heterocycles. The molecule has 5 nitrogen and oxygen atoms in total. The third kappa shape index (κ3) is 3.34. The first-order valence-corrected chi connectivity index (χ1v) is 9.90. The number of carboxylic acid groups (broad SMARTS) is 1. The lowest BCUT2D eigenvalue weighted by Crippen LogP contribution is -2.45. The van der Waals surface area contributed by atoms with Crippen molar-refractivity contribution >= 4 is 5.97 Å². The molecule has 27 heavy (non-hydrogen) atoms. The molecule has 6 heteroatoms. The van der Waals surface area contributed by atoms with Gasteiger partial charge in [-0.3, -0.25) is 4.90 Å². The van der Waals surface area contributed by atoms with Crippen molar-refractivity contribution in [2.24, 2.45) is 0 Å². The van der Waals surface area contributed by atoms with Crippen molar-refractivity contribution in [3.8, 4) is 5.75 Å². The second kappa shape index (κ2) is 7.06. The van der Waals surface area contributed by atoms with Crippen LogP contribution in [0.5, 0.6) is 5.75 Å². The normalized spacial score (nSPS) is 37.0. The van der Waals surface area contributed by atoms with Crippen molar-refractivity contribution in [3.63, 3.8) is 0 Å². The van der Waals surface area contributed by atoms with Crippen LogP contribution >= 0.6 is 0 Å². The molecule has 2 saturated heterocycles. The SMILES string of the molecule is COc1ccc([C@@H]2CN(C3CCC4(CCCO4)CC3)C[C@@]2(F)C(=O)O)cc1. The molecule has 1 aliphatic carbocycles. The fourth-order valence-electron chi connectivity index (χ4n) is 5.19. The Balaban J connectivity index is 1.50. The maximum absolute atomic E-state index is 15.6. The number of ether oxygens (including phenoxy) is 2. The molecule has 0 amide bonds. The standard InChI is InChI=1S/C21H28FNO4/c1-26-17-5-3-15(4-6-17)18-13-23(14-21(18,22)19(24)25)16-7-10-20(11-8-16)9-2-12-27-20/h3-6,16,18H,2,7-14H2,1H3,(H,24,25)/t16?,18-,20?,21-/m0/s1. The zero-order chi connectivity index (χ0) is 19.1. The summed E-state index contributed by atoms with van der Waals surface area (Å²) in [4.78, 5) is 13.9. The van der Waals surface area contributed by atoms with Crippen molar-refractivity contribution in [2.45, 2.75) is 61.8 Å². The Bertz CT molecular complexity index is 678. The number of halogens is 1. The summed E-state index contributed by atoms with van der Waals surface area (Å²) in [5.41, 5.74) is -1.51. The van der Waals surface area contributed by atoms with E-state index in [4.69, 9.17) is 9.47 Å². The highest BCUT2D eigenvalue weighted by atomic mass is 19.1. The van der Waals surface area contributed by atoms with Gasteiger partial charge in [0.15, 0.2) is 0 Å². The highest BCUT2D eigenvalue weighted by Gasteiger charge is 2.55. The Morgan fingerprint density at radius 3 is 2.52 bits per heavy atom. The molecule has 4 rings (SSSR count). The Morgan fingerprint density at radius 2 is 1.96 bits per heavy atom. The molecule has 3 aliphatic rings. The molecule has 1 spiro atoms. The highest BCUT2D eigenvalue weighted by Crippen LogP contribution is 2.45. The molecule has 2 atom stereocenters. The Labute approximate surface area is 159 Å². The first-order chi connectivity index (χ1) is 13.0. The van der Waals surface area contributed by atoms with Gasteiger partial charge in [0.05, 0.1) is 12.7 Å². The highest BCUT2D eigenvalue weighted by molar-refractivity contribution is 5.80. The van der Waals surface area contributed by atoms with E-state index in [1.807, 2.05) is 0 Å². The number of methoxy groups -OCH3 is 1. The minimum absolute atomic E-state index is 0.0329. The largest absolute Gasteiger partial charge is 0.497 e. The predicted molar refractivity (Wildman–Crippen MR) is 99.0 cm³/mol. The molecular weight excluding hydrogens is 349 g/mol. The van der Waals surface area contributed by atoms with Crippen LogP contribution in [0.15, 0.2) is 24.3 Å². The van der Waals surface area contributed by atoms with E-state index < -0.39 is 17.6 Å². The van der Waals surface area contributed by atoms with Crippen molar-refractivity contribution in [1.82, 2.24) is 4.90 Å². The number of nitrogens with zero attached hydrogens (tertiary/aromatic N) is 1. The topological polar surface area (TPSA) is 59.0 Å². The van der Waals surface area contributed by atoms with Crippen molar-refractivity contribution in [1.29, 1.82) is 0 Å². The van der Waals surface area contributed by atoms with Crippen LogP contribution in [0.3, 0.4) is 0 Å². The van der Waals surface area contributed by atoms with Crippen LogP contribution < -0.4 is 4.74 Å². The third-order valence-corrected chi connectivity index (χ3v) is 6.84. The van der Waals surface area contributed by atoms with Crippen LogP contribution in [0.25, 0.3) is 0 Å². The maximum atomic E-state index is 15.6. The Hall–Kier alpha value is -1.66. The molecular formula is C21H28FNO4. The van der Waals surface area contributed by atoms with Gasteiger partial charge in [-0.25, -0.2) is 9.18 Å². The molecule has 0 radical (unpaired) electrons. The van der Waals surface area contributed by atoms with Crippen molar-refractivity contribution in [2.75, 3.05) is 26.8 Å². The van der Waals surface area contributed by atoms with Crippen LogP contribution in [-0.2, 0) is 9.53 Å². The number of hydrogen-bond acceptors (Lipinski definition) is 4. The molecule has 0 unspecified atom stereocenters. The number of carbonyl (C=O) groups is 1. The number of likely N-dealkylation sites (tertiary alicyclic amines) is 1. The lowest BCUT2D eigenvalue weighted by atomic mass is 9.80. The maximum Gasteiger partial charge on any atom is 0.343 e. The second-order valence-electron chi connectivity index (χ2n) is 8.29. The van der Waals surface area contributed by atoms with E-state index in [-0.39, 0.29) is 18.2 Å². The third-order valence-electron chi connectivity index (χ3n) is 6.84. The number of alkyl halides is 1. The summed E-state index contributed by atoms with van der Waals surface area (Å²) in [5, 5.41) is 9.64. The van der Waals surface area contributed by atoms with Gasteiger partial charge in [-0.2, -0.15) is 0 Å². The van der Waals surface area contributed by atoms with E-state index in [1.54, 1.807) is 31.4 Å². The average molecular weight is 377 g/mol. The van der Waals surface area contributed by atoms with Crippen LogP contribution in [0.1, 0.15) is 50.0 Å². The summed E-state index contributed by atoms with van der Waals surface area (Å²) in [6, 6.07) is 7.33. The van der Waals surface area contributed by atoms with Gasteiger partial charge in [0.25, 0.3) is 0 Å². The van der Waals surface area contributed by atoms with Crippen LogP contribution in [0, 0.1) is 0 Å². The van der Waals surface area contributed by atoms with E-state index >= 15 is 4.39 Å². The van der Waals surface area contributed by atoms with E-state index in [0.29, 0.717) is 12.3 Å². The lowest BCUT2D eigenvalue weighted by Gasteiger charge is -2.40. The van der Waals surface area contributed by atoms with Crippen molar-refractivity contribution in [3.05, 3.63) is 29.8 Å². The van der Waals surface area contributed by atoms with Crippen LogP contribution in [-0.4, -0.2) is 60.1 Å². The number of aliphatic carboxylic acids is 1. The molecule has 1 aromatic carbocycles. The molecule has 0 bridgehead atoms. The Kier molecular flexibility index (Phi) is 4.89. The monoisotopic (exact) mass is 377 g/mol. The number of carboxylic acids is 1. The smallest absolute Gasteiger partial charge is 0.343 e. The van der Waals surface area contributed by atoms with Gasteiger partial charge >= 0.3 is 5.97 Å². The van der Waals surface area contributed by atoms with Gasteiger partial charge in [-0.05, 0) is 56.2 Å².